The lowest BCUT2D eigenvalue weighted by Gasteiger charge is -2.37. The molecule has 3 atom stereocenters. The van der Waals surface area contributed by atoms with Gasteiger partial charge in [-0.25, -0.2) is 9.37 Å². The maximum Gasteiger partial charge on any atom is 0.259 e. The van der Waals surface area contributed by atoms with Crippen LogP contribution in [0.1, 0.15) is 42.3 Å². The van der Waals surface area contributed by atoms with Crippen LogP contribution in [0.3, 0.4) is 0 Å². The topological polar surface area (TPSA) is 83.0 Å². The van der Waals surface area contributed by atoms with Crippen LogP contribution in [0, 0.1) is 23.6 Å². The number of aliphatic hydroxyl groups is 1. The summed E-state index contributed by atoms with van der Waals surface area (Å²) in [6.07, 6.45) is 1.09. The Morgan fingerprint density at radius 3 is 2.76 bits per heavy atom. The van der Waals surface area contributed by atoms with Gasteiger partial charge in [-0.2, -0.15) is 0 Å². The van der Waals surface area contributed by atoms with Crippen LogP contribution in [0.2, 0.25) is 0 Å². The van der Waals surface area contributed by atoms with Crippen LogP contribution in [0.5, 0.6) is 5.88 Å². The van der Waals surface area contributed by atoms with Gasteiger partial charge in [0.2, 0.25) is 11.8 Å². The van der Waals surface area contributed by atoms with E-state index in [2.05, 4.69) is 16.8 Å². The molecule has 2 aromatic rings. The zero-order valence-corrected chi connectivity index (χ0v) is 19.2. The minimum atomic E-state index is -0.417. The lowest BCUT2D eigenvalue weighted by Crippen LogP contribution is -2.50. The fraction of sp³-hybridized carbons (Fsp3) is 0.400. The van der Waals surface area contributed by atoms with E-state index in [-0.39, 0.29) is 41.6 Å². The second kappa shape index (κ2) is 10.5. The first-order valence-electron chi connectivity index (χ1n) is 10.8. The molecule has 2 amide bonds. The van der Waals surface area contributed by atoms with Crippen molar-refractivity contribution in [3.05, 3.63) is 59.0 Å². The number of nitrogens with zero attached hydrogens (tertiary/aromatic N) is 3. The van der Waals surface area contributed by atoms with E-state index in [1.165, 1.54) is 25.3 Å². The van der Waals surface area contributed by atoms with E-state index >= 15 is 0 Å². The zero-order valence-electron chi connectivity index (χ0n) is 19.2. The number of hydrogen-bond acceptors (Lipinski definition) is 5. The second-order valence-corrected chi connectivity index (χ2v) is 8.36. The van der Waals surface area contributed by atoms with Crippen LogP contribution < -0.4 is 4.74 Å². The van der Waals surface area contributed by atoms with E-state index < -0.39 is 12.1 Å². The van der Waals surface area contributed by atoms with Crippen molar-refractivity contribution in [2.24, 2.45) is 5.92 Å². The number of likely N-dealkylation sites (N-methyl/N-ethyl adjacent to an activating group) is 1. The average Bonchev–Trinajstić information content (AvgIpc) is 2.79. The van der Waals surface area contributed by atoms with Crippen molar-refractivity contribution in [3.63, 3.8) is 0 Å². The van der Waals surface area contributed by atoms with E-state index in [9.17, 15) is 19.1 Å². The van der Waals surface area contributed by atoms with Crippen molar-refractivity contribution >= 4 is 11.8 Å². The third kappa shape index (κ3) is 5.88. The average molecular weight is 454 g/mol. The summed E-state index contributed by atoms with van der Waals surface area (Å²) in [6, 6.07) is 7.10. The summed E-state index contributed by atoms with van der Waals surface area (Å²) < 4.78 is 19.5. The van der Waals surface area contributed by atoms with Gasteiger partial charge in [-0.3, -0.25) is 9.59 Å². The third-order valence-corrected chi connectivity index (χ3v) is 5.69. The summed E-state index contributed by atoms with van der Waals surface area (Å²) in [7, 11) is 1.69. The van der Waals surface area contributed by atoms with Crippen LogP contribution in [0.25, 0.3) is 0 Å². The normalized spacial score (nSPS) is 18.7. The van der Waals surface area contributed by atoms with E-state index in [0.29, 0.717) is 24.2 Å². The van der Waals surface area contributed by atoms with Gasteiger partial charge in [0, 0.05) is 43.8 Å². The lowest BCUT2D eigenvalue weighted by atomic mass is 10.00. The Balaban J connectivity index is 2.00. The van der Waals surface area contributed by atoms with Crippen LogP contribution in [-0.4, -0.2) is 70.6 Å². The first-order valence-corrected chi connectivity index (χ1v) is 10.8. The van der Waals surface area contributed by atoms with Gasteiger partial charge in [0.25, 0.3) is 5.91 Å². The molecule has 0 saturated heterocycles. The highest BCUT2D eigenvalue weighted by Gasteiger charge is 2.34. The molecule has 0 radical (unpaired) electrons. The largest absolute Gasteiger partial charge is 0.472 e. The number of carbonyl (C=O) groups excluding carboxylic acids is 2. The molecule has 174 valence electrons. The van der Waals surface area contributed by atoms with Gasteiger partial charge in [0.1, 0.15) is 17.5 Å². The molecule has 33 heavy (non-hydrogen) atoms. The Hall–Kier alpha value is -3.44. The van der Waals surface area contributed by atoms with E-state index in [0.717, 1.165) is 0 Å². The number of hydrogen-bond donors (Lipinski definition) is 1. The number of aliphatic hydroxyl groups excluding tert-OH is 1. The molecule has 0 unspecified atom stereocenters. The number of aromatic nitrogens is 1. The van der Waals surface area contributed by atoms with Crippen LogP contribution >= 0.6 is 0 Å². The number of rotatable bonds is 4. The number of benzene rings is 1. The van der Waals surface area contributed by atoms with Gasteiger partial charge >= 0.3 is 0 Å². The highest BCUT2D eigenvalue weighted by atomic mass is 19.1. The molecule has 0 aliphatic carbocycles. The van der Waals surface area contributed by atoms with E-state index in [1.807, 2.05) is 6.92 Å². The molecule has 1 N–H and O–H groups in total. The lowest BCUT2D eigenvalue weighted by molar-refractivity contribution is -0.129. The molecule has 3 rings (SSSR count). The third-order valence-electron chi connectivity index (χ3n) is 5.69. The number of amides is 2. The number of fused-ring (bicyclic) bond motifs is 1. The summed E-state index contributed by atoms with van der Waals surface area (Å²) in [5.74, 6) is 5.02. The maximum atomic E-state index is 13.4. The summed E-state index contributed by atoms with van der Waals surface area (Å²) in [4.78, 5) is 32.6. The molecule has 1 aromatic heterocycles. The van der Waals surface area contributed by atoms with E-state index in [4.69, 9.17) is 4.74 Å². The van der Waals surface area contributed by atoms with Crippen molar-refractivity contribution in [3.8, 4) is 17.7 Å². The molecule has 1 aliphatic heterocycles. The minimum Gasteiger partial charge on any atom is -0.472 e. The van der Waals surface area contributed by atoms with E-state index in [1.54, 1.807) is 42.0 Å². The summed E-state index contributed by atoms with van der Waals surface area (Å²) in [5, 5.41) is 9.73. The Kier molecular flexibility index (Phi) is 7.67. The summed E-state index contributed by atoms with van der Waals surface area (Å²) in [6.45, 7) is 5.66. The van der Waals surface area contributed by atoms with Crippen molar-refractivity contribution in [1.29, 1.82) is 0 Å². The molecule has 7 nitrogen and oxygen atoms in total. The smallest absolute Gasteiger partial charge is 0.259 e. The number of carbonyl (C=O) groups is 2. The molecular formula is C25H28FN3O4. The fourth-order valence-corrected chi connectivity index (χ4v) is 3.50. The summed E-state index contributed by atoms with van der Waals surface area (Å²) in [5.41, 5.74) is 1.20. The molecule has 0 bridgehead atoms. The highest BCUT2D eigenvalue weighted by molar-refractivity contribution is 5.97. The predicted octanol–water partition coefficient (Wildman–Crippen LogP) is 2.32. The van der Waals surface area contributed by atoms with Crippen molar-refractivity contribution < 1.29 is 23.8 Å². The molecule has 1 aromatic carbocycles. The predicted molar refractivity (Wildman–Crippen MR) is 121 cm³/mol. The van der Waals surface area contributed by atoms with Gasteiger partial charge in [-0.1, -0.05) is 24.8 Å². The molecule has 1 aliphatic rings. The molecule has 0 spiro atoms. The standard InChI is InChI=1S/C25H28FN3O4/c1-16-13-29(17(2)15-30)25(32)22-11-20(9-8-19-6-5-7-21(26)10-19)12-27-24(22)33-23(16)14-28(4)18(3)31/h5-7,10-12,16-17,23,30H,13-15H2,1-4H3/t16-,17-,23-/m0/s1. The molecule has 0 saturated carbocycles. The first-order chi connectivity index (χ1) is 15.7. The second-order valence-electron chi connectivity index (χ2n) is 8.36. The monoisotopic (exact) mass is 453 g/mol. The van der Waals surface area contributed by atoms with Gasteiger partial charge < -0.3 is 19.6 Å². The Bertz CT molecular complexity index is 1090. The number of pyridine rings is 1. The SMILES string of the molecule is CC(=O)N(C)C[C@@H]1Oc2ncc(C#Cc3cccc(F)c3)cc2C(=O)N([C@@H](C)CO)C[C@@H]1C. The van der Waals surface area contributed by atoms with Crippen LogP contribution in [0.4, 0.5) is 4.39 Å². The zero-order chi connectivity index (χ0) is 24.1. The maximum absolute atomic E-state index is 13.4. The summed E-state index contributed by atoms with van der Waals surface area (Å²) >= 11 is 0. The van der Waals surface area contributed by atoms with Crippen molar-refractivity contribution in [1.82, 2.24) is 14.8 Å². The molecule has 2 heterocycles. The molecular weight excluding hydrogens is 425 g/mol. The fourth-order valence-electron chi connectivity index (χ4n) is 3.50. The Morgan fingerprint density at radius 1 is 1.36 bits per heavy atom. The van der Waals surface area contributed by atoms with Gasteiger partial charge in [-0.15, -0.1) is 0 Å². The number of ether oxygens (including phenoxy) is 1. The molecule has 8 heteroatoms. The van der Waals surface area contributed by atoms with Crippen molar-refractivity contribution in [2.75, 3.05) is 26.7 Å². The van der Waals surface area contributed by atoms with Gasteiger partial charge in [0.15, 0.2) is 0 Å². The minimum absolute atomic E-state index is 0.0966. The van der Waals surface area contributed by atoms with Gasteiger partial charge in [-0.05, 0) is 31.2 Å². The van der Waals surface area contributed by atoms with Crippen molar-refractivity contribution in [2.45, 2.75) is 32.9 Å². The van der Waals surface area contributed by atoms with Crippen LogP contribution in [-0.2, 0) is 4.79 Å². The Labute approximate surface area is 193 Å². The number of halogens is 1. The quantitative estimate of drug-likeness (QED) is 0.719. The van der Waals surface area contributed by atoms with Gasteiger partial charge in [0.05, 0.1) is 19.2 Å². The molecule has 0 fully saturated rings. The Morgan fingerprint density at radius 2 is 2.09 bits per heavy atom. The first kappa shape index (κ1) is 24.2. The van der Waals surface area contributed by atoms with Crippen LogP contribution in [0.15, 0.2) is 36.5 Å². The highest BCUT2D eigenvalue weighted by Crippen LogP contribution is 2.27.